The van der Waals surface area contributed by atoms with E-state index in [9.17, 15) is 14.9 Å². The van der Waals surface area contributed by atoms with Crippen molar-refractivity contribution in [2.24, 2.45) is 0 Å². The first kappa shape index (κ1) is 22.0. The van der Waals surface area contributed by atoms with Gasteiger partial charge < -0.3 is 20.1 Å². The number of aromatic nitrogens is 1. The minimum atomic E-state index is -0.463. The van der Waals surface area contributed by atoms with Gasteiger partial charge in [-0.2, -0.15) is 5.26 Å². The molecule has 160 valence electrons. The summed E-state index contributed by atoms with van der Waals surface area (Å²) in [6.45, 7) is 1.43. The monoisotopic (exact) mass is 420 g/mol. The third-order valence-electron chi connectivity index (χ3n) is 4.65. The number of nitriles is 1. The lowest BCUT2D eigenvalue weighted by Gasteiger charge is -2.11. The van der Waals surface area contributed by atoms with Crippen LogP contribution in [0.4, 0.5) is 0 Å². The van der Waals surface area contributed by atoms with E-state index in [1.54, 1.807) is 42.7 Å². The zero-order valence-electron chi connectivity index (χ0n) is 17.0. The lowest BCUT2D eigenvalue weighted by atomic mass is 10.1. The molecule has 0 bridgehead atoms. The van der Waals surface area contributed by atoms with Crippen LogP contribution in [0.5, 0.6) is 5.75 Å². The Hall–Kier alpha value is -3.70. The van der Waals surface area contributed by atoms with E-state index >= 15 is 0 Å². The van der Waals surface area contributed by atoms with E-state index < -0.39 is 5.91 Å². The number of carbonyl (C=O) groups is 2. The molecular weight excluding hydrogens is 396 g/mol. The van der Waals surface area contributed by atoms with Crippen LogP contribution in [0.1, 0.15) is 24.0 Å². The molecule has 8 heteroatoms. The lowest BCUT2D eigenvalue weighted by molar-refractivity contribution is -0.123. The van der Waals surface area contributed by atoms with Gasteiger partial charge in [-0.1, -0.05) is 18.2 Å². The summed E-state index contributed by atoms with van der Waals surface area (Å²) in [5.74, 6) is -0.157. The van der Waals surface area contributed by atoms with Gasteiger partial charge in [-0.05, 0) is 48.2 Å². The molecule has 8 nitrogen and oxygen atoms in total. The number of rotatable bonds is 9. The van der Waals surface area contributed by atoms with E-state index in [2.05, 4.69) is 15.6 Å². The molecule has 0 radical (unpaired) electrons. The second kappa shape index (κ2) is 11.5. The van der Waals surface area contributed by atoms with Crippen molar-refractivity contribution >= 4 is 17.9 Å². The summed E-state index contributed by atoms with van der Waals surface area (Å²) in [6.07, 6.45) is 6.87. The highest BCUT2D eigenvalue weighted by atomic mass is 16.5. The summed E-state index contributed by atoms with van der Waals surface area (Å²) in [4.78, 5) is 28.1. The fourth-order valence-electron chi connectivity index (χ4n) is 2.99. The molecule has 1 aromatic heterocycles. The number of benzene rings is 1. The average Bonchev–Trinajstić information content (AvgIpc) is 3.33. The quantitative estimate of drug-likeness (QED) is 0.474. The normalized spacial score (nSPS) is 15.7. The third kappa shape index (κ3) is 7.24. The Morgan fingerprint density at radius 1 is 1.26 bits per heavy atom. The van der Waals surface area contributed by atoms with E-state index in [0.717, 1.165) is 25.0 Å². The molecule has 1 aliphatic rings. The van der Waals surface area contributed by atoms with E-state index in [4.69, 9.17) is 9.47 Å². The molecule has 1 fully saturated rings. The van der Waals surface area contributed by atoms with Crippen LogP contribution in [0.15, 0.2) is 54.4 Å². The van der Waals surface area contributed by atoms with Crippen molar-refractivity contribution in [1.29, 1.82) is 5.26 Å². The molecule has 2 heterocycles. The largest absolute Gasteiger partial charge is 0.484 e. The first-order valence-electron chi connectivity index (χ1n) is 10.0. The van der Waals surface area contributed by atoms with Crippen molar-refractivity contribution in [2.45, 2.75) is 25.5 Å². The van der Waals surface area contributed by atoms with Gasteiger partial charge in [-0.3, -0.25) is 14.6 Å². The van der Waals surface area contributed by atoms with Crippen molar-refractivity contribution in [2.75, 3.05) is 19.8 Å². The molecule has 0 aliphatic carbocycles. The van der Waals surface area contributed by atoms with Crippen molar-refractivity contribution in [3.05, 3.63) is 65.5 Å². The van der Waals surface area contributed by atoms with Gasteiger partial charge in [0.25, 0.3) is 11.8 Å². The summed E-state index contributed by atoms with van der Waals surface area (Å²) in [5, 5.41) is 14.8. The van der Waals surface area contributed by atoms with E-state index in [-0.39, 0.29) is 30.7 Å². The molecular formula is C23H24N4O4. The van der Waals surface area contributed by atoms with Crippen LogP contribution in [0, 0.1) is 11.3 Å². The Bertz CT molecular complexity index is 946. The fraction of sp³-hybridized carbons (Fsp3) is 0.304. The first-order valence-corrected chi connectivity index (χ1v) is 10.0. The van der Waals surface area contributed by atoms with Crippen LogP contribution < -0.4 is 15.4 Å². The second-order valence-corrected chi connectivity index (χ2v) is 7.01. The predicted molar refractivity (Wildman–Crippen MR) is 114 cm³/mol. The highest BCUT2D eigenvalue weighted by Gasteiger charge is 2.16. The number of amides is 2. The maximum absolute atomic E-state index is 12.3. The molecule has 2 N–H and O–H groups in total. The Morgan fingerprint density at radius 3 is 2.77 bits per heavy atom. The van der Waals surface area contributed by atoms with E-state index in [1.165, 1.54) is 6.08 Å². The van der Waals surface area contributed by atoms with Gasteiger partial charge in [0.2, 0.25) is 0 Å². The molecule has 0 spiro atoms. The topological polar surface area (TPSA) is 113 Å². The van der Waals surface area contributed by atoms with Gasteiger partial charge >= 0.3 is 0 Å². The standard InChI is InChI=1S/C23H24N4O4/c24-12-19(23(29)27-14-18-3-1-9-25-13-18)11-17-5-7-20(8-6-17)31-16-22(28)26-15-21-4-2-10-30-21/h1,3,5-9,11,13,21H,2,4,10,14-16H2,(H,26,28)(H,27,29)/b19-11+/t21-/m1/s1. The summed E-state index contributed by atoms with van der Waals surface area (Å²) >= 11 is 0. The predicted octanol–water partition coefficient (Wildman–Crippen LogP) is 1.98. The molecule has 2 aromatic rings. The van der Waals surface area contributed by atoms with Crippen LogP contribution in [0.25, 0.3) is 6.08 Å². The molecule has 0 unspecified atom stereocenters. The summed E-state index contributed by atoms with van der Waals surface area (Å²) in [7, 11) is 0. The molecule has 2 amide bonds. The minimum Gasteiger partial charge on any atom is -0.484 e. The number of carbonyl (C=O) groups excluding carboxylic acids is 2. The molecule has 31 heavy (non-hydrogen) atoms. The number of hydrogen-bond donors (Lipinski definition) is 2. The van der Waals surface area contributed by atoms with Gasteiger partial charge in [-0.25, -0.2) is 0 Å². The van der Waals surface area contributed by atoms with Gasteiger partial charge in [0, 0.05) is 32.1 Å². The van der Waals surface area contributed by atoms with Crippen LogP contribution >= 0.6 is 0 Å². The minimum absolute atomic E-state index is 0.00827. The number of ether oxygens (including phenoxy) is 2. The van der Waals surface area contributed by atoms with Gasteiger partial charge in [0.05, 0.1) is 6.10 Å². The van der Waals surface area contributed by atoms with Gasteiger partial charge in [0.15, 0.2) is 6.61 Å². The van der Waals surface area contributed by atoms with Crippen LogP contribution in [-0.2, 0) is 20.9 Å². The average molecular weight is 420 g/mol. The maximum atomic E-state index is 12.3. The molecule has 0 saturated carbocycles. The summed E-state index contributed by atoms with van der Waals surface area (Å²) in [5.41, 5.74) is 1.50. The van der Waals surface area contributed by atoms with Crippen molar-refractivity contribution < 1.29 is 19.1 Å². The van der Waals surface area contributed by atoms with Gasteiger partial charge in [0.1, 0.15) is 17.4 Å². The summed E-state index contributed by atoms with van der Waals surface area (Å²) < 4.78 is 10.9. The number of nitrogens with one attached hydrogen (secondary N) is 2. The lowest BCUT2D eigenvalue weighted by Crippen LogP contribution is -2.35. The fourth-order valence-corrected chi connectivity index (χ4v) is 2.99. The zero-order chi connectivity index (χ0) is 21.9. The highest BCUT2D eigenvalue weighted by Crippen LogP contribution is 2.15. The van der Waals surface area contributed by atoms with Crippen molar-refractivity contribution in [3.63, 3.8) is 0 Å². The Kier molecular flexibility index (Phi) is 8.14. The van der Waals surface area contributed by atoms with Crippen molar-refractivity contribution in [3.8, 4) is 11.8 Å². The molecule has 3 rings (SSSR count). The van der Waals surface area contributed by atoms with E-state index in [0.29, 0.717) is 17.9 Å². The van der Waals surface area contributed by atoms with E-state index in [1.807, 2.05) is 12.1 Å². The SMILES string of the molecule is N#C/C(=C\c1ccc(OCC(=O)NC[C@H]2CCCO2)cc1)C(=O)NCc1cccnc1. The number of pyridine rings is 1. The van der Waals surface area contributed by atoms with Crippen LogP contribution in [-0.4, -0.2) is 42.7 Å². The Morgan fingerprint density at radius 2 is 2.10 bits per heavy atom. The number of hydrogen-bond acceptors (Lipinski definition) is 6. The summed E-state index contributed by atoms with van der Waals surface area (Å²) in [6, 6.07) is 12.3. The second-order valence-electron chi connectivity index (χ2n) is 7.01. The molecule has 1 aromatic carbocycles. The Labute approximate surface area is 180 Å². The Balaban J connectivity index is 1.47. The zero-order valence-corrected chi connectivity index (χ0v) is 17.0. The van der Waals surface area contributed by atoms with Crippen LogP contribution in [0.2, 0.25) is 0 Å². The maximum Gasteiger partial charge on any atom is 0.262 e. The van der Waals surface area contributed by atoms with Crippen LogP contribution in [0.3, 0.4) is 0 Å². The van der Waals surface area contributed by atoms with Gasteiger partial charge in [-0.15, -0.1) is 0 Å². The van der Waals surface area contributed by atoms with Crippen molar-refractivity contribution in [1.82, 2.24) is 15.6 Å². The molecule has 1 atom stereocenters. The molecule has 1 aliphatic heterocycles. The smallest absolute Gasteiger partial charge is 0.262 e. The first-order chi connectivity index (χ1) is 15.1. The highest BCUT2D eigenvalue weighted by molar-refractivity contribution is 6.01. The number of nitrogens with zero attached hydrogens (tertiary/aromatic N) is 2. The molecule has 1 saturated heterocycles. The third-order valence-corrected chi connectivity index (χ3v) is 4.65.